The number of rotatable bonds is 7. The number of nitrogens with zero attached hydrogens (tertiary/aromatic N) is 1. The quantitative estimate of drug-likeness (QED) is 0.806. The smallest absolute Gasteiger partial charge is 0.226 e. The van der Waals surface area contributed by atoms with Gasteiger partial charge in [-0.2, -0.15) is 0 Å². The number of nitrogens with two attached hydrogens (primary N) is 1. The van der Waals surface area contributed by atoms with Gasteiger partial charge in [0, 0.05) is 23.0 Å². The Morgan fingerprint density at radius 1 is 1.33 bits per heavy atom. The Morgan fingerprint density at radius 3 is 2.58 bits per heavy atom. The van der Waals surface area contributed by atoms with E-state index < -0.39 is 0 Å². The van der Waals surface area contributed by atoms with Crippen molar-refractivity contribution in [2.45, 2.75) is 46.1 Å². The molecule has 1 amide bonds. The monoisotopic (exact) mass is 345 g/mol. The van der Waals surface area contributed by atoms with Gasteiger partial charge in [-0.3, -0.25) is 4.79 Å². The molecule has 0 bridgehead atoms. The summed E-state index contributed by atoms with van der Waals surface area (Å²) in [6.07, 6.45) is 1.15. The van der Waals surface area contributed by atoms with E-state index in [1.165, 1.54) is 5.56 Å². The minimum Gasteiger partial charge on any atom is -0.349 e. The Hall–Kier alpha value is -1.72. The van der Waals surface area contributed by atoms with Crippen LogP contribution in [-0.2, 0) is 11.2 Å². The normalized spacial score (nSPS) is 13.8. The Bertz CT molecular complexity index is 678. The molecule has 1 aromatic heterocycles. The van der Waals surface area contributed by atoms with Crippen LogP contribution in [-0.4, -0.2) is 23.0 Å². The van der Waals surface area contributed by atoms with Crippen LogP contribution in [0, 0.1) is 12.8 Å². The molecule has 2 aromatic rings. The number of benzene rings is 1. The Balaban J connectivity index is 2.01. The summed E-state index contributed by atoms with van der Waals surface area (Å²) in [5, 5.41) is 5.98. The zero-order valence-electron chi connectivity index (χ0n) is 14.9. The predicted molar refractivity (Wildman–Crippen MR) is 101 cm³/mol. The van der Waals surface area contributed by atoms with Gasteiger partial charge in [0.2, 0.25) is 5.91 Å². The van der Waals surface area contributed by atoms with Crippen LogP contribution in [0.2, 0.25) is 0 Å². The number of nitrogens with one attached hydrogen (secondary N) is 1. The SMILES string of the molecule is Cc1ccc(-c2nc(CC(=O)NC(C)(CN)CC(C)C)cs2)cc1. The summed E-state index contributed by atoms with van der Waals surface area (Å²) in [4.78, 5) is 17.0. The van der Waals surface area contributed by atoms with Crippen LogP contribution in [0.5, 0.6) is 0 Å². The lowest BCUT2D eigenvalue weighted by molar-refractivity contribution is -0.122. The van der Waals surface area contributed by atoms with Crippen LogP contribution in [0.15, 0.2) is 29.6 Å². The van der Waals surface area contributed by atoms with E-state index in [9.17, 15) is 4.79 Å². The predicted octanol–water partition coefficient (Wildman–Crippen LogP) is 3.54. The summed E-state index contributed by atoms with van der Waals surface area (Å²) in [5.41, 5.74) is 8.61. The van der Waals surface area contributed by atoms with Crippen LogP contribution < -0.4 is 11.1 Å². The highest BCUT2D eigenvalue weighted by molar-refractivity contribution is 7.13. The van der Waals surface area contributed by atoms with Crippen LogP contribution in [0.4, 0.5) is 0 Å². The lowest BCUT2D eigenvalue weighted by Crippen LogP contribution is -2.52. The fourth-order valence-electron chi connectivity index (χ4n) is 2.85. The maximum absolute atomic E-state index is 12.4. The zero-order valence-corrected chi connectivity index (χ0v) is 15.7. The fraction of sp³-hybridized carbons (Fsp3) is 0.474. The molecular formula is C19H27N3OS. The summed E-state index contributed by atoms with van der Waals surface area (Å²) in [6.45, 7) is 8.77. The highest BCUT2D eigenvalue weighted by Crippen LogP contribution is 2.24. The summed E-state index contributed by atoms with van der Waals surface area (Å²) in [6, 6.07) is 8.27. The van der Waals surface area contributed by atoms with Crippen molar-refractivity contribution in [1.29, 1.82) is 0 Å². The molecule has 130 valence electrons. The lowest BCUT2D eigenvalue weighted by atomic mass is 9.90. The second-order valence-electron chi connectivity index (χ2n) is 7.10. The molecule has 5 heteroatoms. The van der Waals surface area contributed by atoms with Crippen molar-refractivity contribution >= 4 is 17.2 Å². The minimum absolute atomic E-state index is 0.0237. The molecule has 0 fully saturated rings. The van der Waals surface area contributed by atoms with Crippen molar-refractivity contribution in [3.63, 3.8) is 0 Å². The van der Waals surface area contributed by atoms with E-state index in [4.69, 9.17) is 5.73 Å². The first-order valence-corrected chi connectivity index (χ1v) is 9.22. The summed E-state index contributed by atoms with van der Waals surface area (Å²) < 4.78 is 0. The van der Waals surface area contributed by atoms with Crippen molar-refractivity contribution in [3.8, 4) is 10.6 Å². The molecule has 4 nitrogen and oxygen atoms in total. The van der Waals surface area contributed by atoms with Crippen molar-refractivity contribution < 1.29 is 4.79 Å². The topological polar surface area (TPSA) is 68.0 Å². The van der Waals surface area contributed by atoms with Crippen molar-refractivity contribution in [2.75, 3.05) is 6.54 Å². The Morgan fingerprint density at radius 2 is 2.00 bits per heavy atom. The van der Waals surface area contributed by atoms with Gasteiger partial charge in [-0.25, -0.2) is 4.98 Å². The van der Waals surface area contributed by atoms with Gasteiger partial charge < -0.3 is 11.1 Å². The molecule has 0 spiro atoms. The first-order valence-electron chi connectivity index (χ1n) is 8.34. The third-order valence-corrected chi connectivity index (χ3v) is 4.88. The number of aromatic nitrogens is 1. The molecule has 1 unspecified atom stereocenters. The molecule has 1 atom stereocenters. The van der Waals surface area contributed by atoms with Gasteiger partial charge >= 0.3 is 0 Å². The van der Waals surface area contributed by atoms with E-state index in [-0.39, 0.29) is 17.9 Å². The lowest BCUT2D eigenvalue weighted by Gasteiger charge is -2.31. The van der Waals surface area contributed by atoms with Gasteiger partial charge in [-0.1, -0.05) is 43.7 Å². The summed E-state index contributed by atoms with van der Waals surface area (Å²) >= 11 is 1.57. The molecule has 0 aliphatic carbocycles. The molecule has 1 heterocycles. The highest BCUT2D eigenvalue weighted by atomic mass is 32.1. The number of carbonyl (C=O) groups is 1. The van der Waals surface area contributed by atoms with Gasteiger partial charge in [-0.15, -0.1) is 11.3 Å². The number of hydrogen-bond donors (Lipinski definition) is 2. The summed E-state index contributed by atoms with van der Waals surface area (Å²) in [7, 11) is 0. The van der Waals surface area contributed by atoms with Crippen molar-refractivity contribution in [3.05, 3.63) is 40.9 Å². The third-order valence-electron chi connectivity index (χ3n) is 3.94. The molecule has 2 rings (SSSR count). The van der Waals surface area contributed by atoms with E-state index in [1.807, 2.05) is 12.3 Å². The first-order chi connectivity index (χ1) is 11.3. The van der Waals surface area contributed by atoms with Gasteiger partial charge in [0.05, 0.1) is 12.1 Å². The molecule has 0 aliphatic rings. The average molecular weight is 346 g/mol. The second kappa shape index (κ2) is 7.90. The Kier molecular flexibility index (Phi) is 6.13. The standard InChI is InChI=1S/C19H27N3OS/c1-13(2)10-19(4,12-20)22-17(23)9-16-11-24-18(21-16)15-7-5-14(3)6-8-15/h5-8,11,13H,9-10,12,20H2,1-4H3,(H,22,23). The van der Waals surface area contributed by atoms with E-state index in [0.717, 1.165) is 22.7 Å². The van der Waals surface area contributed by atoms with Crippen LogP contribution in [0.3, 0.4) is 0 Å². The molecule has 0 saturated heterocycles. The van der Waals surface area contributed by atoms with E-state index in [2.05, 4.69) is 55.3 Å². The van der Waals surface area contributed by atoms with Gasteiger partial charge in [0.25, 0.3) is 0 Å². The molecule has 0 radical (unpaired) electrons. The molecule has 3 N–H and O–H groups in total. The highest BCUT2D eigenvalue weighted by Gasteiger charge is 2.26. The zero-order chi connectivity index (χ0) is 17.7. The maximum Gasteiger partial charge on any atom is 0.226 e. The molecule has 1 aromatic carbocycles. The van der Waals surface area contributed by atoms with E-state index in [0.29, 0.717) is 12.5 Å². The molecular weight excluding hydrogens is 318 g/mol. The number of carbonyl (C=O) groups excluding carboxylic acids is 1. The Labute approximate surface area is 148 Å². The maximum atomic E-state index is 12.4. The number of aryl methyl sites for hydroxylation is 1. The van der Waals surface area contributed by atoms with Crippen LogP contribution >= 0.6 is 11.3 Å². The van der Waals surface area contributed by atoms with Crippen molar-refractivity contribution in [1.82, 2.24) is 10.3 Å². The van der Waals surface area contributed by atoms with Gasteiger partial charge in [0.15, 0.2) is 0 Å². The molecule has 0 saturated carbocycles. The first kappa shape index (κ1) is 18.6. The number of thiazole rings is 1. The number of amides is 1. The second-order valence-corrected chi connectivity index (χ2v) is 7.96. The fourth-order valence-corrected chi connectivity index (χ4v) is 3.67. The summed E-state index contributed by atoms with van der Waals surface area (Å²) in [5.74, 6) is 0.454. The molecule has 24 heavy (non-hydrogen) atoms. The third kappa shape index (κ3) is 5.14. The minimum atomic E-state index is -0.360. The van der Waals surface area contributed by atoms with Crippen molar-refractivity contribution in [2.24, 2.45) is 11.7 Å². The van der Waals surface area contributed by atoms with Gasteiger partial charge in [-0.05, 0) is 26.2 Å². The van der Waals surface area contributed by atoms with E-state index in [1.54, 1.807) is 11.3 Å². The van der Waals surface area contributed by atoms with Crippen LogP contribution in [0.25, 0.3) is 10.6 Å². The van der Waals surface area contributed by atoms with Gasteiger partial charge in [0.1, 0.15) is 5.01 Å². The largest absolute Gasteiger partial charge is 0.349 e. The van der Waals surface area contributed by atoms with Crippen LogP contribution in [0.1, 0.15) is 38.4 Å². The average Bonchev–Trinajstić information content (AvgIpc) is 2.95. The molecule has 0 aliphatic heterocycles. The van der Waals surface area contributed by atoms with E-state index >= 15 is 0 Å². The number of hydrogen-bond acceptors (Lipinski definition) is 4.